The zero-order chi connectivity index (χ0) is 12.3. The third-order valence-electron chi connectivity index (χ3n) is 2.93. The zero-order valence-corrected chi connectivity index (χ0v) is 9.81. The van der Waals surface area contributed by atoms with Crippen molar-refractivity contribution in [2.24, 2.45) is 5.41 Å². The Morgan fingerprint density at radius 3 is 2.12 bits per heavy atom. The molecule has 0 amide bonds. The molecule has 0 N–H and O–H groups in total. The molecule has 0 radical (unpaired) electrons. The Morgan fingerprint density at radius 1 is 1.19 bits per heavy atom. The summed E-state index contributed by atoms with van der Waals surface area (Å²) in [5.41, 5.74) is -0.0491. The fourth-order valence-corrected chi connectivity index (χ4v) is 1.33. The van der Waals surface area contributed by atoms with E-state index < -0.39 is 17.0 Å². The second kappa shape index (κ2) is 4.73. The Hall–Kier alpha value is -1.25. The number of carbonyl (C=O) groups is 1. The molecule has 0 heterocycles. The van der Waals surface area contributed by atoms with E-state index in [9.17, 15) is 13.6 Å². The van der Waals surface area contributed by atoms with E-state index in [4.69, 9.17) is 0 Å². The van der Waals surface area contributed by atoms with Crippen molar-refractivity contribution in [3.8, 4) is 0 Å². The van der Waals surface area contributed by atoms with Crippen molar-refractivity contribution in [1.82, 2.24) is 0 Å². The van der Waals surface area contributed by atoms with E-state index in [2.05, 4.69) is 0 Å². The zero-order valence-electron chi connectivity index (χ0n) is 9.81. The van der Waals surface area contributed by atoms with Crippen LogP contribution in [0.15, 0.2) is 18.2 Å². The van der Waals surface area contributed by atoms with Crippen molar-refractivity contribution in [3.05, 3.63) is 35.4 Å². The molecule has 0 aliphatic rings. The fourth-order valence-electron chi connectivity index (χ4n) is 1.33. The van der Waals surface area contributed by atoms with Gasteiger partial charge < -0.3 is 0 Å². The Kier molecular flexibility index (Phi) is 3.79. The van der Waals surface area contributed by atoms with Gasteiger partial charge in [0, 0.05) is 17.9 Å². The molecule has 0 unspecified atom stereocenters. The maximum atomic E-state index is 12.9. The van der Waals surface area contributed by atoms with Crippen LogP contribution in [0.25, 0.3) is 0 Å². The number of rotatable bonds is 4. The predicted octanol–water partition coefficient (Wildman–Crippen LogP) is 3.51. The van der Waals surface area contributed by atoms with Gasteiger partial charge in [0.15, 0.2) is 0 Å². The summed E-state index contributed by atoms with van der Waals surface area (Å²) in [5, 5.41) is 0. The minimum absolute atomic E-state index is 0.000000000000000444. The van der Waals surface area contributed by atoms with Crippen molar-refractivity contribution in [2.45, 2.75) is 33.6 Å². The largest absolute Gasteiger partial charge is 0.299 e. The van der Waals surface area contributed by atoms with Gasteiger partial charge in [0.25, 0.3) is 0 Å². The highest BCUT2D eigenvalue weighted by atomic mass is 19.1. The third kappa shape index (κ3) is 3.12. The van der Waals surface area contributed by atoms with E-state index >= 15 is 0 Å². The molecular formula is C13H16F2O. The molecule has 0 aliphatic heterocycles. The standard InChI is InChI=1S/C13H16F2O/c1-4-13(2,3)12(16)7-9-5-10(14)8-11(15)6-9/h5-6,8H,4,7H2,1-3H3. The molecule has 1 rings (SSSR count). The molecule has 0 spiro atoms. The highest BCUT2D eigenvalue weighted by Crippen LogP contribution is 2.23. The van der Waals surface area contributed by atoms with Crippen LogP contribution in [0.4, 0.5) is 8.78 Å². The van der Waals surface area contributed by atoms with Crippen molar-refractivity contribution in [2.75, 3.05) is 0 Å². The summed E-state index contributed by atoms with van der Waals surface area (Å²) in [6.45, 7) is 5.60. The Morgan fingerprint density at radius 2 is 1.69 bits per heavy atom. The number of halogens is 2. The summed E-state index contributed by atoms with van der Waals surface area (Å²) in [7, 11) is 0. The van der Waals surface area contributed by atoms with Gasteiger partial charge in [0.2, 0.25) is 0 Å². The first-order chi connectivity index (χ1) is 7.35. The van der Waals surface area contributed by atoms with Gasteiger partial charge in [-0.1, -0.05) is 20.8 Å². The van der Waals surface area contributed by atoms with Crippen LogP contribution in [-0.4, -0.2) is 5.78 Å². The minimum atomic E-state index is -0.642. The summed E-state index contributed by atoms with van der Waals surface area (Å²) < 4.78 is 25.8. The number of hydrogen-bond donors (Lipinski definition) is 0. The molecule has 3 heteroatoms. The minimum Gasteiger partial charge on any atom is -0.299 e. The average Bonchev–Trinajstić information content (AvgIpc) is 2.15. The number of carbonyl (C=O) groups excluding carboxylic acids is 1. The average molecular weight is 226 g/mol. The van der Waals surface area contributed by atoms with Gasteiger partial charge in [0.05, 0.1) is 0 Å². The van der Waals surface area contributed by atoms with Crippen LogP contribution >= 0.6 is 0 Å². The van der Waals surface area contributed by atoms with Crippen LogP contribution in [0, 0.1) is 17.0 Å². The van der Waals surface area contributed by atoms with Crippen LogP contribution in [0.5, 0.6) is 0 Å². The van der Waals surface area contributed by atoms with Gasteiger partial charge >= 0.3 is 0 Å². The third-order valence-corrected chi connectivity index (χ3v) is 2.93. The van der Waals surface area contributed by atoms with Gasteiger partial charge in [-0.05, 0) is 24.1 Å². The van der Waals surface area contributed by atoms with Gasteiger partial charge in [-0.3, -0.25) is 4.79 Å². The Bertz CT molecular complexity index is 377. The molecule has 0 bridgehead atoms. The quantitative estimate of drug-likeness (QED) is 0.767. The van der Waals surface area contributed by atoms with Gasteiger partial charge in [-0.15, -0.1) is 0 Å². The highest BCUT2D eigenvalue weighted by molar-refractivity contribution is 5.86. The lowest BCUT2D eigenvalue weighted by Gasteiger charge is -2.20. The topological polar surface area (TPSA) is 17.1 Å². The molecular weight excluding hydrogens is 210 g/mol. The lowest BCUT2D eigenvalue weighted by Crippen LogP contribution is -2.25. The van der Waals surface area contributed by atoms with E-state index in [-0.39, 0.29) is 12.2 Å². The molecule has 0 aromatic heterocycles. The molecule has 1 aromatic rings. The van der Waals surface area contributed by atoms with Crippen LogP contribution in [0.3, 0.4) is 0 Å². The molecule has 0 saturated carbocycles. The first kappa shape index (κ1) is 12.8. The molecule has 0 saturated heterocycles. The lowest BCUT2D eigenvalue weighted by molar-refractivity contribution is -0.126. The van der Waals surface area contributed by atoms with Crippen molar-refractivity contribution >= 4 is 5.78 Å². The smallest absolute Gasteiger partial charge is 0.142 e. The van der Waals surface area contributed by atoms with Gasteiger partial charge in [-0.2, -0.15) is 0 Å². The van der Waals surface area contributed by atoms with Crippen molar-refractivity contribution in [1.29, 1.82) is 0 Å². The van der Waals surface area contributed by atoms with Crippen molar-refractivity contribution in [3.63, 3.8) is 0 Å². The normalized spacial score (nSPS) is 11.6. The molecule has 0 aliphatic carbocycles. The first-order valence-corrected chi connectivity index (χ1v) is 5.33. The van der Waals surface area contributed by atoms with Crippen LogP contribution < -0.4 is 0 Å². The Labute approximate surface area is 94.5 Å². The van der Waals surface area contributed by atoms with E-state index in [0.29, 0.717) is 12.0 Å². The summed E-state index contributed by atoms with van der Waals surface area (Å²) in [6.07, 6.45) is 0.791. The number of Topliss-reactive ketones (excluding diaryl/α,β-unsaturated/α-hetero) is 1. The summed E-state index contributed by atoms with van der Waals surface area (Å²) >= 11 is 0. The monoisotopic (exact) mass is 226 g/mol. The molecule has 16 heavy (non-hydrogen) atoms. The molecule has 1 aromatic carbocycles. The first-order valence-electron chi connectivity index (χ1n) is 5.33. The second-order valence-corrected chi connectivity index (χ2v) is 4.62. The van der Waals surface area contributed by atoms with Crippen LogP contribution in [0.1, 0.15) is 32.8 Å². The molecule has 0 atom stereocenters. The number of ketones is 1. The van der Waals surface area contributed by atoms with Gasteiger partial charge in [0.1, 0.15) is 17.4 Å². The second-order valence-electron chi connectivity index (χ2n) is 4.62. The molecule has 88 valence electrons. The molecule has 0 fully saturated rings. The fraction of sp³-hybridized carbons (Fsp3) is 0.462. The molecule has 1 nitrogen and oxygen atoms in total. The van der Waals surface area contributed by atoms with Crippen molar-refractivity contribution < 1.29 is 13.6 Å². The maximum Gasteiger partial charge on any atom is 0.142 e. The highest BCUT2D eigenvalue weighted by Gasteiger charge is 2.25. The van der Waals surface area contributed by atoms with Crippen LogP contribution in [-0.2, 0) is 11.2 Å². The number of hydrogen-bond acceptors (Lipinski definition) is 1. The van der Waals surface area contributed by atoms with E-state index in [1.807, 2.05) is 20.8 Å². The lowest BCUT2D eigenvalue weighted by atomic mass is 9.82. The maximum absolute atomic E-state index is 12.9. The SMILES string of the molecule is CCC(C)(C)C(=O)Cc1cc(F)cc(F)c1. The van der Waals surface area contributed by atoms with E-state index in [0.717, 1.165) is 6.07 Å². The predicted molar refractivity (Wildman–Crippen MR) is 59.1 cm³/mol. The summed E-state index contributed by atoms with van der Waals surface area (Å²) in [5.74, 6) is -1.28. The summed E-state index contributed by atoms with van der Waals surface area (Å²) in [4.78, 5) is 11.8. The van der Waals surface area contributed by atoms with Crippen LogP contribution in [0.2, 0.25) is 0 Å². The van der Waals surface area contributed by atoms with E-state index in [1.165, 1.54) is 12.1 Å². The Balaban J connectivity index is 2.85. The van der Waals surface area contributed by atoms with E-state index in [1.54, 1.807) is 0 Å². The number of benzene rings is 1. The summed E-state index contributed by atoms with van der Waals surface area (Å²) in [6, 6.07) is 3.21. The van der Waals surface area contributed by atoms with Gasteiger partial charge in [-0.25, -0.2) is 8.78 Å².